The SMILES string of the molecule is C=C(B1OC(C)(C)C(C)(C)O1)c1cccc(OC)n1. The Hall–Kier alpha value is -1.33. The summed E-state index contributed by atoms with van der Waals surface area (Å²) in [6.07, 6.45) is 0. The van der Waals surface area contributed by atoms with Crippen LogP contribution in [0.5, 0.6) is 5.88 Å². The van der Waals surface area contributed by atoms with E-state index in [1.54, 1.807) is 13.2 Å². The molecule has 1 aliphatic rings. The van der Waals surface area contributed by atoms with Crippen LogP contribution >= 0.6 is 0 Å². The zero-order valence-electron chi connectivity index (χ0n) is 12.2. The topological polar surface area (TPSA) is 40.6 Å². The maximum atomic E-state index is 5.95. The van der Waals surface area contributed by atoms with Crippen molar-refractivity contribution >= 4 is 12.6 Å². The molecule has 0 aromatic carbocycles. The van der Waals surface area contributed by atoms with E-state index in [9.17, 15) is 0 Å². The van der Waals surface area contributed by atoms with Gasteiger partial charge in [0.25, 0.3) is 0 Å². The predicted octanol–water partition coefficient (Wildman–Crippen LogP) is 2.73. The predicted molar refractivity (Wildman–Crippen MR) is 75.9 cm³/mol. The smallest absolute Gasteiger partial charge is 0.481 e. The van der Waals surface area contributed by atoms with Crippen LogP contribution in [-0.2, 0) is 9.31 Å². The Kier molecular flexibility index (Phi) is 3.45. The monoisotopic (exact) mass is 261 g/mol. The number of nitrogens with zero attached hydrogens (tertiary/aromatic N) is 1. The van der Waals surface area contributed by atoms with Crippen LogP contribution in [0, 0.1) is 0 Å². The second kappa shape index (κ2) is 4.65. The summed E-state index contributed by atoms with van der Waals surface area (Å²) in [5.41, 5.74) is 0.675. The summed E-state index contributed by atoms with van der Waals surface area (Å²) in [4.78, 5) is 4.35. The molecular weight excluding hydrogens is 241 g/mol. The van der Waals surface area contributed by atoms with Gasteiger partial charge in [0.2, 0.25) is 5.88 Å². The Morgan fingerprint density at radius 3 is 2.32 bits per heavy atom. The van der Waals surface area contributed by atoms with Gasteiger partial charge in [-0.2, -0.15) is 0 Å². The summed E-state index contributed by atoms with van der Waals surface area (Å²) in [6.45, 7) is 12.1. The first-order chi connectivity index (χ1) is 8.77. The van der Waals surface area contributed by atoms with Gasteiger partial charge in [-0.05, 0) is 33.8 Å². The van der Waals surface area contributed by atoms with E-state index >= 15 is 0 Å². The summed E-state index contributed by atoms with van der Waals surface area (Å²) in [7, 11) is 1.11. The van der Waals surface area contributed by atoms with E-state index in [2.05, 4.69) is 11.6 Å². The number of aromatic nitrogens is 1. The Balaban J connectivity index is 2.22. The molecule has 0 bridgehead atoms. The number of hydrogen-bond acceptors (Lipinski definition) is 4. The lowest BCUT2D eigenvalue weighted by atomic mass is 9.77. The maximum absolute atomic E-state index is 5.95. The second-order valence-electron chi connectivity index (χ2n) is 5.68. The molecule has 0 saturated carbocycles. The fourth-order valence-corrected chi connectivity index (χ4v) is 1.81. The number of rotatable bonds is 3. The Labute approximate surface area is 114 Å². The molecule has 0 N–H and O–H groups in total. The molecule has 102 valence electrons. The highest BCUT2D eigenvalue weighted by atomic mass is 16.7. The Morgan fingerprint density at radius 1 is 1.21 bits per heavy atom. The molecule has 0 amide bonds. The molecule has 19 heavy (non-hydrogen) atoms. The molecule has 0 spiro atoms. The van der Waals surface area contributed by atoms with Crippen molar-refractivity contribution in [2.24, 2.45) is 0 Å². The normalized spacial score (nSPS) is 20.4. The third-order valence-electron chi connectivity index (χ3n) is 3.80. The van der Waals surface area contributed by atoms with E-state index in [4.69, 9.17) is 14.0 Å². The molecular formula is C14H20BNO3. The third kappa shape index (κ3) is 2.53. The van der Waals surface area contributed by atoms with E-state index in [0.717, 1.165) is 5.69 Å². The zero-order chi connectivity index (χ0) is 14.3. The highest BCUT2D eigenvalue weighted by molar-refractivity contribution is 6.68. The molecule has 0 atom stereocenters. The fraction of sp³-hybridized carbons (Fsp3) is 0.500. The van der Waals surface area contributed by atoms with Gasteiger partial charge in [0.05, 0.1) is 24.0 Å². The largest absolute Gasteiger partial charge is 0.496 e. The van der Waals surface area contributed by atoms with Crippen molar-refractivity contribution in [3.05, 3.63) is 30.5 Å². The first-order valence-corrected chi connectivity index (χ1v) is 6.33. The highest BCUT2D eigenvalue weighted by Crippen LogP contribution is 2.39. The van der Waals surface area contributed by atoms with Crippen molar-refractivity contribution in [3.8, 4) is 5.88 Å². The van der Waals surface area contributed by atoms with Crippen molar-refractivity contribution in [2.75, 3.05) is 7.11 Å². The van der Waals surface area contributed by atoms with Gasteiger partial charge in [-0.25, -0.2) is 4.98 Å². The molecule has 1 aromatic heterocycles. The molecule has 0 unspecified atom stereocenters. The quantitative estimate of drug-likeness (QED) is 0.784. The summed E-state index contributed by atoms with van der Waals surface area (Å²) >= 11 is 0. The molecule has 4 nitrogen and oxygen atoms in total. The lowest BCUT2D eigenvalue weighted by molar-refractivity contribution is 0.00578. The Bertz CT molecular complexity index is 483. The summed E-state index contributed by atoms with van der Waals surface area (Å²) in [6, 6.07) is 5.54. The fourth-order valence-electron chi connectivity index (χ4n) is 1.81. The maximum Gasteiger partial charge on any atom is 0.496 e. The molecule has 5 heteroatoms. The van der Waals surface area contributed by atoms with Crippen LogP contribution in [0.1, 0.15) is 33.4 Å². The molecule has 1 saturated heterocycles. The molecule has 0 aliphatic carbocycles. The van der Waals surface area contributed by atoms with E-state index in [-0.39, 0.29) is 11.2 Å². The minimum absolute atomic E-state index is 0.376. The lowest BCUT2D eigenvalue weighted by Gasteiger charge is -2.32. The zero-order valence-corrected chi connectivity index (χ0v) is 12.2. The van der Waals surface area contributed by atoms with Crippen LogP contribution < -0.4 is 4.74 Å². The minimum Gasteiger partial charge on any atom is -0.481 e. The van der Waals surface area contributed by atoms with Crippen LogP contribution in [0.2, 0.25) is 0 Å². The van der Waals surface area contributed by atoms with Crippen molar-refractivity contribution in [1.29, 1.82) is 0 Å². The van der Waals surface area contributed by atoms with Gasteiger partial charge in [-0.15, -0.1) is 0 Å². The van der Waals surface area contributed by atoms with Crippen LogP contribution in [0.15, 0.2) is 24.8 Å². The van der Waals surface area contributed by atoms with Crippen molar-refractivity contribution < 1.29 is 14.0 Å². The number of ether oxygens (including phenoxy) is 1. The average molecular weight is 261 g/mol. The number of pyridine rings is 1. The van der Waals surface area contributed by atoms with Gasteiger partial charge in [0.1, 0.15) is 0 Å². The van der Waals surface area contributed by atoms with Crippen LogP contribution in [0.25, 0.3) is 5.47 Å². The lowest BCUT2D eigenvalue weighted by Crippen LogP contribution is -2.41. The van der Waals surface area contributed by atoms with E-state index in [0.29, 0.717) is 11.4 Å². The van der Waals surface area contributed by atoms with Crippen molar-refractivity contribution in [2.45, 2.75) is 38.9 Å². The van der Waals surface area contributed by atoms with Crippen LogP contribution in [-0.4, -0.2) is 30.4 Å². The first-order valence-electron chi connectivity index (χ1n) is 6.33. The van der Waals surface area contributed by atoms with Gasteiger partial charge in [-0.3, -0.25) is 0 Å². The van der Waals surface area contributed by atoms with Gasteiger partial charge < -0.3 is 14.0 Å². The van der Waals surface area contributed by atoms with Gasteiger partial charge in [0, 0.05) is 11.5 Å². The highest BCUT2D eigenvalue weighted by Gasteiger charge is 2.52. The molecule has 1 fully saturated rings. The van der Waals surface area contributed by atoms with Gasteiger partial charge in [0.15, 0.2) is 0 Å². The van der Waals surface area contributed by atoms with Crippen molar-refractivity contribution in [3.63, 3.8) is 0 Å². The third-order valence-corrected chi connectivity index (χ3v) is 3.80. The van der Waals surface area contributed by atoms with E-state index in [1.807, 2.05) is 39.8 Å². The van der Waals surface area contributed by atoms with Gasteiger partial charge >= 0.3 is 7.12 Å². The van der Waals surface area contributed by atoms with Crippen LogP contribution in [0.3, 0.4) is 0 Å². The second-order valence-corrected chi connectivity index (χ2v) is 5.68. The minimum atomic E-state index is -0.482. The summed E-state index contributed by atoms with van der Waals surface area (Å²) < 4.78 is 17.0. The molecule has 0 radical (unpaired) electrons. The molecule has 1 aromatic rings. The average Bonchev–Trinajstić information content (AvgIpc) is 2.57. The molecule has 2 heterocycles. The van der Waals surface area contributed by atoms with E-state index in [1.165, 1.54) is 0 Å². The van der Waals surface area contributed by atoms with E-state index < -0.39 is 7.12 Å². The van der Waals surface area contributed by atoms with Gasteiger partial charge in [-0.1, -0.05) is 12.6 Å². The number of hydrogen-bond donors (Lipinski definition) is 0. The summed E-state index contributed by atoms with van der Waals surface area (Å²) in [5, 5.41) is 0. The standard InChI is InChI=1S/C14H20BNO3/c1-10(11-8-7-9-12(16-11)17-6)15-18-13(2,3)14(4,5)19-15/h7-9H,1H2,2-6H3. The Morgan fingerprint density at radius 2 is 1.79 bits per heavy atom. The molecule has 2 rings (SSSR count). The first kappa shape index (κ1) is 14.1. The number of methoxy groups -OCH3 is 1. The molecule has 1 aliphatic heterocycles. The van der Waals surface area contributed by atoms with Crippen molar-refractivity contribution in [1.82, 2.24) is 4.98 Å². The van der Waals surface area contributed by atoms with Crippen LogP contribution in [0.4, 0.5) is 0 Å². The summed E-state index contributed by atoms with van der Waals surface area (Å²) in [5.74, 6) is 0.551.